The first kappa shape index (κ1) is 20.3. The summed E-state index contributed by atoms with van der Waals surface area (Å²) in [5.74, 6) is -0.466. The Kier molecular flexibility index (Phi) is 6.65. The third-order valence-electron chi connectivity index (χ3n) is 3.23. The maximum atomic E-state index is 12.3. The van der Waals surface area contributed by atoms with Crippen molar-refractivity contribution in [1.82, 2.24) is 14.5 Å². The molecule has 0 spiro atoms. The molecule has 0 aliphatic rings. The number of nitrogen functional groups attached to an aromatic ring is 1. The first-order chi connectivity index (χ1) is 10.9. The predicted octanol–water partition coefficient (Wildman–Crippen LogP) is 2.36. The lowest BCUT2D eigenvalue weighted by Gasteiger charge is -2.30. The molecule has 136 valence electrons. The highest BCUT2D eigenvalue weighted by atomic mass is 79.9. The Morgan fingerprint density at radius 3 is 2.38 bits per heavy atom. The van der Waals surface area contributed by atoms with Gasteiger partial charge in [0.05, 0.1) is 0 Å². The van der Waals surface area contributed by atoms with E-state index in [1.165, 1.54) is 0 Å². The number of hydrogen-bond donors (Lipinski definition) is 2. The number of ether oxygens (including phenoxy) is 1. The van der Waals surface area contributed by atoms with E-state index in [1.54, 1.807) is 9.47 Å². The van der Waals surface area contributed by atoms with Crippen molar-refractivity contribution in [1.29, 1.82) is 0 Å². The monoisotopic (exact) mass is 403 g/mol. The van der Waals surface area contributed by atoms with Gasteiger partial charge in [0.2, 0.25) is 0 Å². The van der Waals surface area contributed by atoms with E-state index in [-0.39, 0.29) is 23.6 Å². The summed E-state index contributed by atoms with van der Waals surface area (Å²) in [6.07, 6.45) is 0.266. The Hall–Kier alpha value is -1.77. The van der Waals surface area contributed by atoms with Crippen molar-refractivity contribution < 1.29 is 14.3 Å². The van der Waals surface area contributed by atoms with Gasteiger partial charge < -0.3 is 25.7 Å². The zero-order valence-electron chi connectivity index (χ0n) is 14.8. The average Bonchev–Trinajstić information content (AvgIpc) is 2.68. The van der Waals surface area contributed by atoms with Gasteiger partial charge in [-0.2, -0.15) is 0 Å². The summed E-state index contributed by atoms with van der Waals surface area (Å²) in [6.45, 7) is 10.3. The molecule has 0 aliphatic heterocycles. The molecule has 0 radical (unpaired) electrons. The second kappa shape index (κ2) is 7.87. The highest BCUT2D eigenvalue weighted by Gasteiger charge is 2.24. The topological polar surface area (TPSA) is 116 Å². The fraction of sp³-hybridized carbons (Fsp3) is 0.667. The molecule has 0 bridgehead atoms. The standard InChI is InChI=1S/C15H26BrN5O3/c1-9(2)20(14(23)24-15(3,4)5)7-6-8-21-11(17)10(12(18)22)19-13(21)16/h9H,6-8,17H2,1-5H3,(H2,18,22). The smallest absolute Gasteiger partial charge is 0.410 e. The molecule has 1 aromatic heterocycles. The third-order valence-corrected chi connectivity index (χ3v) is 3.83. The van der Waals surface area contributed by atoms with Crippen molar-refractivity contribution >= 4 is 33.7 Å². The Labute approximate surface area is 150 Å². The second-order valence-corrected chi connectivity index (χ2v) is 7.46. The van der Waals surface area contributed by atoms with Crippen LogP contribution in [0.1, 0.15) is 51.5 Å². The number of imidazole rings is 1. The molecular weight excluding hydrogens is 378 g/mol. The van der Waals surface area contributed by atoms with Crippen molar-refractivity contribution in [3.63, 3.8) is 0 Å². The van der Waals surface area contributed by atoms with E-state index in [4.69, 9.17) is 16.2 Å². The van der Waals surface area contributed by atoms with E-state index in [9.17, 15) is 9.59 Å². The number of amides is 2. The van der Waals surface area contributed by atoms with Crippen LogP contribution in [0.4, 0.5) is 10.6 Å². The number of anilines is 1. The molecule has 0 aliphatic carbocycles. The van der Waals surface area contributed by atoms with Crippen LogP contribution in [-0.2, 0) is 11.3 Å². The number of hydrogen-bond acceptors (Lipinski definition) is 5. The normalized spacial score (nSPS) is 11.6. The van der Waals surface area contributed by atoms with Crippen LogP contribution >= 0.6 is 15.9 Å². The Bertz CT molecular complexity index is 607. The van der Waals surface area contributed by atoms with Crippen molar-refractivity contribution in [3.8, 4) is 0 Å². The highest BCUT2D eigenvalue weighted by molar-refractivity contribution is 9.10. The summed E-state index contributed by atoms with van der Waals surface area (Å²) in [4.78, 5) is 29.2. The van der Waals surface area contributed by atoms with Crippen LogP contribution in [-0.4, -0.2) is 44.6 Å². The van der Waals surface area contributed by atoms with Crippen molar-refractivity contribution in [2.24, 2.45) is 5.73 Å². The SMILES string of the molecule is CC(C)N(CCCn1c(Br)nc(C(N)=O)c1N)C(=O)OC(C)(C)C. The van der Waals surface area contributed by atoms with Crippen LogP contribution in [0.15, 0.2) is 4.73 Å². The van der Waals surface area contributed by atoms with Crippen molar-refractivity contribution in [2.45, 2.75) is 59.2 Å². The van der Waals surface area contributed by atoms with Crippen LogP contribution in [0.3, 0.4) is 0 Å². The van der Waals surface area contributed by atoms with Crippen LogP contribution in [0.5, 0.6) is 0 Å². The van der Waals surface area contributed by atoms with Crippen LogP contribution in [0, 0.1) is 0 Å². The van der Waals surface area contributed by atoms with E-state index in [0.717, 1.165) is 0 Å². The molecule has 0 aromatic carbocycles. The molecule has 1 rings (SSSR count). The second-order valence-electron chi connectivity index (χ2n) is 6.75. The summed E-state index contributed by atoms with van der Waals surface area (Å²) < 4.78 is 7.50. The van der Waals surface area contributed by atoms with Gasteiger partial charge in [-0.05, 0) is 57.0 Å². The Morgan fingerprint density at radius 1 is 1.38 bits per heavy atom. The van der Waals surface area contributed by atoms with Crippen molar-refractivity contribution in [2.75, 3.05) is 12.3 Å². The first-order valence-corrected chi connectivity index (χ1v) is 8.54. The molecule has 0 fully saturated rings. The van der Waals surface area contributed by atoms with E-state index in [2.05, 4.69) is 20.9 Å². The van der Waals surface area contributed by atoms with Gasteiger partial charge in [-0.3, -0.25) is 4.79 Å². The molecule has 0 saturated heterocycles. The molecule has 9 heteroatoms. The molecule has 4 N–H and O–H groups in total. The first-order valence-electron chi connectivity index (χ1n) is 7.75. The number of aromatic nitrogens is 2. The summed E-state index contributed by atoms with van der Waals surface area (Å²) in [5, 5.41) is 0. The van der Waals surface area contributed by atoms with Crippen LogP contribution in [0.25, 0.3) is 0 Å². The largest absolute Gasteiger partial charge is 0.444 e. The molecule has 1 aromatic rings. The van der Waals surface area contributed by atoms with E-state index >= 15 is 0 Å². The molecule has 1 heterocycles. The number of primary amides is 1. The van der Waals surface area contributed by atoms with Gasteiger partial charge in [0.15, 0.2) is 10.4 Å². The summed E-state index contributed by atoms with van der Waals surface area (Å²) in [6, 6.07) is 0.00426. The van der Waals surface area contributed by atoms with Gasteiger partial charge >= 0.3 is 6.09 Å². The molecule has 0 unspecified atom stereocenters. The number of carbonyl (C=O) groups excluding carboxylic acids is 2. The summed E-state index contributed by atoms with van der Waals surface area (Å²) in [7, 11) is 0. The quantitative estimate of drug-likeness (QED) is 0.755. The molecule has 24 heavy (non-hydrogen) atoms. The summed E-state index contributed by atoms with van der Waals surface area (Å²) >= 11 is 3.26. The summed E-state index contributed by atoms with van der Waals surface area (Å²) in [5.41, 5.74) is 10.6. The van der Waals surface area contributed by atoms with Crippen LogP contribution < -0.4 is 11.5 Å². The average molecular weight is 404 g/mol. The molecular formula is C15H26BrN5O3. The van der Waals surface area contributed by atoms with Gasteiger partial charge in [0.1, 0.15) is 11.4 Å². The Morgan fingerprint density at radius 2 is 1.96 bits per heavy atom. The minimum Gasteiger partial charge on any atom is -0.444 e. The number of nitrogens with two attached hydrogens (primary N) is 2. The van der Waals surface area contributed by atoms with Gasteiger partial charge in [0.25, 0.3) is 5.91 Å². The molecule has 8 nitrogen and oxygen atoms in total. The zero-order chi connectivity index (χ0) is 18.7. The molecule has 2 amide bonds. The predicted molar refractivity (Wildman–Crippen MR) is 95.6 cm³/mol. The van der Waals surface area contributed by atoms with Crippen LogP contribution in [0.2, 0.25) is 0 Å². The van der Waals surface area contributed by atoms with Gasteiger partial charge in [-0.25, -0.2) is 9.78 Å². The zero-order valence-corrected chi connectivity index (χ0v) is 16.4. The Balaban J connectivity index is 2.73. The van der Waals surface area contributed by atoms with Crippen molar-refractivity contribution in [3.05, 3.63) is 10.4 Å². The number of halogens is 1. The fourth-order valence-corrected chi connectivity index (χ4v) is 2.66. The van der Waals surface area contributed by atoms with E-state index < -0.39 is 11.5 Å². The number of carbonyl (C=O) groups is 2. The highest BCUT2D eigenvalue weighted by Crippen LogP contribution is 2.20. The maximum Gasteiger partial charge on any atom is 0.410 e. The van der Waals surface area contributed by atoms with Gasteiger partial charge in [-0.15, -0.1) is 0 Å². The van der Waals surface area contributed by atoms with Gasteiger partial charge in [-0.1, -0.05) is 0 Å². The lowest BCUT2D eigenvalue weighted by molar-refractivity contribution is 0.0186. The van der Waals surface area contributed by atoms with E-state index in [0.29, 0.717) is 24.2 Å². The third kappa shape index (κ3) is 5.40. The molecule has 0 atom stereocenters. The maximum absolute atomic E-state index is 12.3. The minimum atomic E-state index is -0.676. The number of nitrogens with zero attached hydrogens (tertiary/aromatic N) is 3. The lowest BCUT2D eigenvalue weighted by atomic mass is 10.2. The minimum absolute atomic E-state index is 0.00426. The van der Waals surface area contributed by atoms with Gasteiger partial charge in [0, 0.05) is 19.1 Å². The lowest BCUT2D eigenvalue weighted by Crippen LogP contribution is -2.41. The fourth-order valence-electron chi connectivity index (χ4n) is 2.11. The number of rotatable bonds is 6. The molecule has 0 saturated carbocycles. The van der Waals surface area contributed by atoms with E-state index in [1.807, 2.05) is 34.6 Å².